The Morgan fingerprint density at radius 3 is 3.11 bits per heavy atom. The summed E-state index contributed by atoms with van der Waals surface area (Å²) < 4.78 is 4.75. The maximum absolute atomic E-state index is 11.5. The van der Waals surface area contributed by atoms with Crippen molar-refractivity contribution in [2.75, 3.05) is 26.8 Å². The molecule has 0 aliphatic carbocycles. The number of likely N-dealkylation sites (tertiary alicyclic amines) is 1. The highest BCUT2D eigenvalue weighted by Crippen LogP contribution is 2.25. The van der Waals surface area contributed by atoms with E-state index in [0.29, 0.717) is 10.8 Å². The molecule has 0 saturated carbocycles. The Hall–Kier alpha value is -0.910. The van der Waals surface area contributed by atoms with Crippen molar-refractivity contribution in [3.63, 3.8) is 0 Å². The summed E-state index contributed by atoms with van der Waals surface area (Å²) in [6.07, 6.45) is 2.25. The fourth-order valence-electron chi connectivity index (χ4n) is 2.56. The second-order valence-corrected chi connectivity index (χ2v) is 6.37. The van der Waals surface area contributed by atoms with Gasteiger partial charge < -0.3 is 9.84 Å². The Morgan fingerprint density at radius 2 is 2.42 bits per heavy atom. The van der Waals surface area contributed by atoms with Crippen molar-refractivity contribution in [3.8, 4) is 0 Å². The number of rotatable bonds is 4. The lowest BCUT2D eigenvalue weighted by Gasteiger charge is -2.31. The third kappa shape index (κ3) is 3.55. The van der Waals surface area contributed by atoms with Crippen molar-refractivity contribution in [1.82, 2.24) is 4.90 Å². The molecule has 1 unspecified atom stereocenters. The van der Waals surface area contributed by atoms with Gasteiger partial charge in [0.2, 0.25) is 0 Å². The molecule has 0 aromatic carbocycles. The molecule has 1 aliphatic heterocycles. The van der Waals surface area contributed by atoms with E-state index in [-0.39, 0.29) is 12.6 Å². The first-order chi connectivity index (χ1) is 9.13. The molecule has 2 heterocycles. The normalized spacial score (nSPS) is 20.5. The predicted octanol–water partition coefficient (Wildman–Crippen LogP) is 2.05. The van der Waals surface area contributed by atoms with Crippen LogP contribution in [-0.2, 0) is 11.3 Å². The van der Waals surface area contributed by atoms with Gasteiger partial charge in [0, 0.05) is 24.6 Å². The number of piperidine rings is 1. The van der Waals surface area contributed by atoms with E-state index in [0.717, 1.165) is 32.5 Å². The highest BCUT2D eigenvalue weighted by atomic mass is 32.1. The lowest BCUT2D eigenvalue weighted by atomic mass is 9.98. The van der Waals surface area contributed by atoms with Crippen LogP contribution in [0.1, 0.15) is 33.0 Å². The Morgan fingerprint density at radius 1 is 1.63 bits per heavy atom. The van der Waals surface area contributed by atoms with Crippen molar-refractivity contribution in [2.45, 2.75) is 26.3 Å². The molecule has 1 aliphatic rings. The van der Waals surface area contributed by atoms with Crippen molar-refractivity contribution < 1.29 is 14.6 Å². The van der Waals surface area contributed by atoms with Gasteiger partial charge in [0.05, 0.1) is 7.11 Å². The molecule has 2 rings (SSSR count). The standard InChI is InChI=1S/C14H21NO3S/c1-10-12(6-13(19-10)14(17)18-2)8-15-5-3-4-11(7-15)9-16/h6,11,16H,3-5,7-9H2,1-2H3. The van der Waals surface area contributed by atoms with Gasteiger partial charge in [-0.05, 0) is 43.9 Å². The molecular formula is C14H21NO3S. The van der Waals surface area contributed by atoms with Gasteiger partial charge in [-0.15, -0.1) is 11.3 Å². The minimum absolute atomic E-state index is 0.258. The molecule has 1 saturated heterocycles. The van der Waals surface area contributed by atoms with Gasteiger partial charge in [0.25, 0.3) is 0 Å². The first-order valence-corrected chi connectivity index (χ1v) is 7.46. The van der Waals surface area contributed by atoms with E-state index in [1.165, 1.54) is 28.9 Å². The molecule has 0 spiro atoms. The van der Waals surface area contributed by atoms with Crippen LogP contribution in [0.15, 0.2) is 6.07 Å². The van der Waals surface area contributed by atoms with Crippen LogP contribution < -0.4 is 0 Å². The molecule has 0 bridgehead atoms. The number of hydrogen-bond donors (Lipinski definition) is 1. The smallest absolute Gasteiger partial charge is 0.348 e. The SMILES string of the molecule is COC(=O)c1cc(CN2CCCC(CO)C2)c(C)s1. The third-order valence-electron chi connectivity index (χ3n) is 3.66. The van der Waals surface area contributed by atoms with E-state index in [1.807, 2.05) is 13.0 Å². The molecule has 19 heavy (non-hydrogen) atoms. The number of thiophene rings is 1. The number of nitrogens with zero attached hydrogens (tertiary/aromatic N) is 1. The zero-order chi connectivity index (χ0) is 13.8. The second kappa shape index (κ2) is 6.50. The average molecular weight is 283 g/mol. The molecule has 0 radical (unpaired) electrons. The minimum Gasteiger partial charge on any atom is -0.465 e. The van der Waals surface area contributed by atoms with Gasteiger partial charge in [0.15, 0.2) is 0 Å². The summed E-state index contributed by atoms with van der Waals surface area (Å²) in [6, 6.07) is 1.94. The molecule has 1 N–H and O–H groups in total. The lowest BCUT2D eigenvalue weighted by Crippen LogP contribution is -2.36. The van der Waals surface area contributed by atoms with Crippen LogP contribution in [-0.4, -0.2) is 42.8 Å². The van der Waals surface area contributed by atoms with Gasteiger partial charge in [0.1, 0.15) is 4.88 Å². The Labute approximate surface area is 118 Å². The number of carbonyl (C=O) groups is 1. The van der Waals surface area contributed by atoms with E-state index in [1.54, 1.807) is 0 Å². The first-order valence-electron chi connectivity index (χ1n) is 6.65. The van der Waals surface area contributed by atoms with Gasteiger partial charge >= 0.3 is 5.97 Å². The Bertz CT molecular complexity index is 444. The summed E-state index contributed by atoms with van der Waals surface area (Å²) in [7, 11) is 1.41. The van der Waals surface area contributed by atoms with E-state index in [4.69, 9.17) is 4.74 Å². The predicted molar refractivity (Wildman–Crippen MR) is 75.5 cm³/mol. The van der Waals surface area contributed by atoms with Gasteiger partial charge in [-0.25, -0.2) is 4.79 Å². The Balaban J connectivity index is 2.02. The topological polar surface area (TPSA) is 49.8 Å². The van der Waals surface area contributed by atoms with Crippen LogP contribution >= 0.6 is 11.3 Å². The molecule has 1 aromatic heterocycles. The minimum atomic E-state index is -0.258. The maximum Gasteiger partial charge on any atom is 0.348 e. The van der Waals surface area contributed by atoms with Crippen molar-refractivity contribution in [3.05, 3.63) is 21.4 Å². The highest BCUT2D eigenvalue weighted by Gasteiger charge is 2.21. The highest BCUT2D eigenvalue weighted by molar-refractivity contribution is 7.14. The van der Waals surface area contributed by atoms with Crippen LogP contribution in [0.4, 0.5) is 0 Å². The number of aryl methyl sites for hydroxylation is 1. The fraction of sp³-hybridized carbons (Fsp3) is 0.643. The number of hydrogen-bond acceptors (Lipinski definition) is 5. The van der Waals surface area contributed by atoms with Crippen LogP contribution in [0.5, 0.6) is 0 Å². The van der Waals surface area contributed by atoms with Gasteiger partial charge in [-0.3, -0.25) is 4.90 Å². The number of ether oxygens (including phenoxy) is 1. The van der Waals surface area contributed by atoms with Crippen molar-refractivity contribution >= 4 is 17.3 Å². The number of aliphatic hydroxyl groups excluding tert-OH is 1. The van der Waals surface area contributed by atoms with Gasteiger partial charge in [-0.2, -0.15) is 0 Å². The quantitative estimate of drug-likeness (QED) is 0.859. The van der Waals surface area contributed by atoms with E-state index in [2.05, 4.69) is 4.90 Å². The number of methoxy groups -OCH3 is 1. The average Bonchev–Trinajstić information content (AvgIpc) is 2.79. The van der Waals surface area contributed by atoms with Crippen molar-refractivity contribution in [2.24, 2.45) is 5.92 Å². The van der Waals surface area contributed by atoms with Crippen molar-refractivity contribution in [1.29, 1.82) is 0 Å². The molecule has 1 aromatic rings. The first kappa shape index (κ1) is 14.5. The molecule has 4 nitrogen and oxygen atoms in total. The zero-order valence-corrected chi connectivity index (χ0v) is 12.3. The third-order valence-corrected chi connectivity index (χ3v) is 4.74. The number of aliphatic hydroxyl groups is 1. The van der Waals surface area contributed by atoms with Crippen LogP contribution in [0.2, 0.25) is 0 Å². The largest absolute Gasteiger partial charge is 0.465 e. The number of carbonyl (C=O) groups excluding carboxylic acids is 1. The summed E-state index contributed by atoms with van der Waals surface area (Å²) >= 11 is 1.49. The van der Waals surface area contributed by atoms with E-state index < -0.39 is 0 Å². The lowest BCUT2D eigenvalue weighted by molar-refractivity contribution is 0.0606. The zero-order valence-electron chi connectivity index (χ0n) is 11.5. The maximum atomic E-state index is 11.5. The van der Waals surface area contributed by atoms with Gasteiger partial charge in [-0.1, -0.05) is 0 Å². The summed E-state index contributed by atoms with van der Waals surface area (Å²) in [6.45, 7) is 5.18. The summed E-state index contributed by atoms with van der Waals surface area (Å²) in [5.74, 6) is 0.138. The molecule has 1 fully saturated rings. The monoisotopic (exact) mass is 283 g/mol. The van der Waals surface area contributed by atoms with E-state index >= 15 is 0 Å². The Kier molecular flexibility index (Phi) is 4.96. The van der Waals surface area contributed by atoms with E-state index in [9.17, 15) is 9.90 Å². The number of esters is 1. The molecule has 1 atom stereocenters. The summed E-state index contributed by atoms with van der Waals surface area (Å²) in [5, 5.41) is 9.25. The fourth-order valence-corrected chi connectivity index (χ4v) is 3.52. The van der Waals surface area contributed by atoms with Crippen LogP contribution in [0.3, 0.4) is 0 Å². The van der Waals surface area contributed by atoms with Crippen LogP contribution in [0, 0.1) is 12.8 Å². The second-order valence-electron chi connectivity index (χ2n) is 5.11. The van der Waals surface area contributed by atoms with Crippen LogP contribution in [0.25, 0.3) is 0 Å². The summed E-state index contributed by atoms with van der Waals surface area (Å²) in [4.78, 5) is 15.7. The molecule has 5 heteroatoms. The molecular weight excluding hydrogens is 262 g/mol. The molecule has 0 amide bonds. The summed E-state index contributed by atoms with van der Waals surface area (Å²) in [5.41, 5.74) is 1.20. The molecule has 106 valence electrons.